The molecule has 1 heterocycles. The fourth-order valence-electron chi connectivity index (χ4n) is 2.51. The summed E-state index contributed by atoms with van der Waals surface area (Å²) in [4.78, 5) is 24.8. The first-order valence-corrected chi connectivity index (χ1v) is 9.08. The number of nitrogens with zero attached hydrogens (tertiary/aromatic N) is 2. The van der Waals surface area contributed by atoms with Crippen LogP contribution in [0.4, 0.5) is 5.69 Å². The Labute approximate surface area is 164 Å². The maximum absolute atomic E-state index is 12.5. The molecule has 1 unspecified atom stereocenters. The summed E-state index contributed by atoms with van der Waals surface area (Å²) in [6.45, 7) is 1.64. The normalized spacial score (nSPS) is 11.7. The SMILES string of the molecule is COc1ccc(-c2ccc(=O)n(C(C)C(=O)Nc3ccc(Br)cc3)n2)cc1. The van der Waals surface area contributed by atoms with Crippen LogP contribution in [0.5, 0.6) is 5.75 Å². The molecule has 138 valence electrons. The molecule has 0 bridgehead atoms. The molecule has 0 aliphatic rings. The van der Waals surface area contributed by atoms with E-state index in [9.17, 15) is 9.59 Å². The van der Waals surface area contributed by atoms with E-state index in [0.717, 1.165) is 15.8 Å². The number of carbonyl (C=O) groups is 1. The first-order valence-electron chi connectivity index (χ1n) is 8.28. The van der Waals surface area contributed by atoms with Crippen molar-refractivity contribution in [2.75, 3.05) is 12.4 Å². The Morgan fingerprint density at radius 2 is 1.74 bits per heavy atom. The number of amides is 1. The molecule has 0 aliphatic heterocycles. The van der Waals surface area contributed by atoms with Crippen molar-refractivity contribution in [1.29, 1.82) is 0 Å². The van der Waals surface area contributed by atoms with Crippen LogP contribution in [-0.4, -0.2) is 22.8 Å². The second kappa shape index (κ2) is 8.18. The number of benzene rings is 2. The van der Waals surface area contributed by atoms with Crippen LogP contribution >= 0.6 is 15.9 Å². The lowest BCUT2D eigenvalue weighted by molar-refractivity contribution is -0.119. The van der Waals surface area contributed by atoms with Crippen LogP contribution in [0.3, 0.4) is 0 Å². The monoisotopic (exact) mass is 427 g/mol. The summed E-state index contributed by atoms with van der Waals surface area (Å²) in [5.74, 6) is 0.410. The molecular weight excluding hydrogens is 410 g/mol. The predicted octanol–water partition coefficient (Wildman–Crippen LogP) is 3.88. The van der Waals surface area contributed by atoms with E-state index in [-0.39, 0.29) is 11.5 Å². The number of hydrogen-bond acceptors (Lipinski definition) is 4. The molecule has 7 heteroatoms. The predicted molar refractivity (Wildman–Crippen MR) is 108 cm³/mol. The average molecular weight is 428 g/mol. The van der Waals surface area contributed by atoms with Gasteiger partial charge in [0.25, 0.3) is 5.56 Å². The van der Waals surface area contributed by atoms with Crippen LogP contribution in [0.15, 0.2) is 69.9 Å². The quantitative estimate of drug-likeness (QED) is 0.670. The highest BCUT2D eigenvalue weighted by atomic mass is 79.9. The minimum Gasteiger partial charge on any atom is -0.497 e. The number of ether oxygens (including phenoxy) is 1. The zero-order valence-corrected chi connectivity index (χ0v) is 16.4. The van der Waals surface area contributed by atoms with Gasteiger partial charge in [0.1, 0.15) is 11.8 Å². The van der Waals surface area contributed by atoms with Crippen molar-refractivity contribution in [2.24, 2.45) is 0 Å². The first kappa shape index (κ1) is 18.8. The Balaban J connectivity index is 1.85. The van der Waals surface area contributed by atoms with Crippen molar-refractivity contribution in [2.45, 2.75) is 13.0 Å². The number of carbonyl (C=O) groups excluding carboxylic acids is 1. The molecule has 27 heavy (non-hydrogen) atoms. The average Bonchev–Trinajstić information content (AvgIpc) is 2.69. The third-order valence-electron chi connectivity index (χ3n) is 4.07. The highest BCUT2D eigenvalue weighted by Gasteiger charge is 2.18. The van der Waals surface area contributed by atoms with E-state index >= 15 is 0 Å². The lowest BCUT2D eigenvalue weighted by Crippen LogP contribution is -2.33. The number of hydrogen-bond donors (Lipinski definition) is 1. The van der Waals surface area contributed by atoms with Gasteiger partial charge in [0.2, 0.25) is 5.91 Å². The van der Waals surface area contributed by atoms with E-state index in [4.69, 9.17) is 4.74 Å². The van der Waals surface area contributed by atoms with Gasteiger partial charge >= 0.3 is 0 Å². The van der Waals surface area contributed by atoms with Gasteiger partial charge in [-0.2, -0.15) is 5.10 Å². The van der Waals surface area contributed by atoms with Crippen molar-refractivity contribution >= 4 is 27.5 Å². The summed E-state index contributed by atoms with van der Waals surface area (Å²) < 4.78 is 7.25. The molecule has 0 saturated carbocycles. The molecular formula is C20H18BrN3O3. The van der Waals surface area contributed by atoms with E-state index in [0.29, 0.717) is 11.4 Å². The smallest absolute Gasteiger partial charge is 0.267 e. The van der Waals surface area contributed by atoms with Crippen LogP contribution in [0.25, 0.3) is 11.3 Å². The van der Waals surface area contributed by atoms with Crippen LogP contribution in [0.1, 0.15) is 13.0 Å². The Hall–Kier alpha value is -2.93. The number of halogens is 1. The van der Waals surface area contributed by atoms with Gasteiger partial charge in [-0.05, 0) is 61.5 Å². The van der Waals surface area contributed by atoms with Gasteiger partial charge in [-0.3, -0.25) is 9.59 Å². The summed E-state index contributed by atoms with van der Waals surface area (Å²) >= 11 is 3.35. The molecule has 2 aromatic carbocycles. The molecule has 1 atom stereocenters. The molecule has 1 amide bonds. The van der Waals surface area contributed by atoms with Crippen LogP contribution in [-0.2, 0) is 4.79 Å². The number of methoxy groups -OCH3 is 1. The van der Waals surface area contributed by atoms with Crippen LogP contribution in [0.2, 0.25) is 0 Å². The van der Waals surface area contributed by atoms with Crippen molar-refractivity contribution in [3.8, 4) is 17.0 Å². The number of aromatic nitrogens is 2. The highest BCUT2D eigenvalue weighted by Crippen LogP contribution is 2.20. The van der Waals surface area contributed by atoms with Gasteiger partial charge in [0, 0.05) is 21.8 Å². The molecule has 3 rings (SSSR count). The Morgan fingerprint density at radius 1 is 1.07 bits per heavy atom. The van der Waals surface area contributed by atoms with E-state index in [1.54, 1.807) is 32.2 Å². The van der Waals surface area contributed by atoms with Crippen LogP contribution < -0.4 is 15.6 Å². The summed E-state index contributed by atoms with van der Waals surface area (Å²) in [7, 11) is 1.60. The second-order valence-electron chi connectivity index (χ2n) is 5.90. The number of anilines is 1. The zero-order chi connectivity index (χ0) is 19.4. The van der Waals surface area contributed by atoms with E-state index in [1.807, 2.05) is 36.4 Å². The minimum atomic E-state index is -0.764. The third-order valence-corrected chi connectivity index (χ3v) is 4.60. The lowest BCUT2D eigenvalue weighted by atomic mass is 10.1. The number of nitrogens with one attached hydrogen (secondary N) is 1. The van der Waals surface area contributed by atoms with Gasteiger partial charge in [-0.25, -0.2) is 4.68 Å². The van der Waals surface area contributed by atoms with Crippen molar-refractivity contribution < 1.29 is 9.53 Å². The lowest BCUT2D eigenvalue weighted by Gasteiger charge is -2.15. The van der Waals surface area contributed by atoms with Crippen LogP contribution in [0, 0.1) is 0 Å². The summed E-state index contributed by atoms with van der Waals surface area (Å²) in [6.07, 6.45) is 0. The fourth-order valence-corrected chi connectivity index (χ4v) is 2.77. The zero-order valence-electron chi connectivity index (χ0n) is 14.8. The molecule has 6 nitrogen and oxygen atoms in total. The Morgan fingerprint density at radius 3 is 2.37 bits per heavy atom. The summed E-state index contributed by atoms with van der Waals surface area (Å²) in [6, 6.07) is 16.8. The number of rotatable bonds is 5. The molecule has 0 aliphatic carbocycles. The molecule has 1 aromatic heterocycles. The molecule has 0 spiro atoms. The van der Waals surface area contributed by atoms with Gasteiger partial charge in [0.15, 0.2) is 0 Å². The van der Waals surface area contributed by atoms with E-state index in [1.165, 1.54) is 10.7 Å². The fraction of sp³-hybridized carbons (Fsp3) is 0.150. The molecule has 1 N–H and O–H groups in total. The summed E-state index contributed by atoms with van der Waals surface area (Å²) in [5.41, 5.74) is 1.73. The van der Waals surface area contributed by atoms with Gasteiger partial charge in [-0.15, -0.1) is 0 Å². The third kappa shape index (κ3) is 4.43. The largest absolute Gasteiger partial charge is 0.497 e. The molecule has 0 saturated heterocycles. The van der Waals surface area contributed by atoms with E-state index in [2.05, 4.69) is 26.3 Å². The van der Waals surface area contributed by atoms with Crippen molar-refractivity contribution in [3.63, 3.8) is 0 Å². The van der Waals surface area contributed by atoms with Gasteiger partial charge in [-0.1, -0.05) is 15.9 Å². The standard InChI is InChI=1S/C20H18BrN3O3/c1-13(20(26)22-16-7-5-15(21)6-8-16)24-19(25)12-11-18(23-24)14-3-9-17(27-2)10-4-14/h3-13H,1-2H3,(H,22,26). The van der Waals surface area contributed by atoms with Gasteiger partial charge in [0.05, 0.1) is 12.8 Å². The van der Waals surface area contributed by atoms with Crippen molar-refractivity contribution in [3.05, 3.63) is 75.5 Å². The Kier molecular flexibility index (Phi) is 5.71. The molecule has 0 radical (unpaired) electrons. The highest BCUT2D eigenvalue weighted by molar-refractivity contribution is 9.10. The summed E-state index contributed by atoms with van der Waals surface area (Å²) in [5, 5.41) is 7.16. The maximum Gasteiger partial charge on any atom is 0.267 e. The molecule has 3 aromatic rings. The Bertz CT molecular complexity index is 998. The second-order valence-corrected chi connectivity index (χ2v) is 6.82. The van der Waals surface area contributed by atoms with E-state index < -0.39 is 6.04 Å². The first-order chi connectivity index (χ1) is 13.0. The minimum absolute atomic E-state index is 0.321. The maximum atomic E-state index is 12.5. The van der Waals surface area contributed by atoms with Gasteiger partial charge < -0.3 is 10.1 Å². The topological polar surface area (TPSA) is 73.2 Å². The van der Waals surface area contributed by atoms with Crippen molar-refractivity contribution in [1.82, 2.24) is 9.78 Å². The molecule has 0 fully saturated rings.